The molecule has 0 atom stereocenters. The molecule has 0 spiro atoms. The number of H-pyrrole nitrogens is 1. The Morgan fingerprint density at radius 2 is 1.86 bits per heavy atom. The van der Waals surface area contributed by atoms with Crippen molar-refractivity contribution < 1.29 is 9.53 Å². The third-order valence-electron chi connectivity index (χ3n) is 3.35. The van der Waals surface area contributed by atoms with Crippen LogP contribution in [0.4, 0.5) is 0 Å². The Labute approximate surface area is 129 Å². The van der Waals surface area contributed by atoms with Gasteiger partial charge in [0.05, 0.1) is 0 Å². The number of aromatic amines is 1. The third kappa shape index (κ3) is 4.22. The van der Waals surface area contributed by atoms with Crippen molar-refractivity contribution in [1.82, 2.24) is 10.3 Å². The lowest BCUT2D eigenvalue weighted by Crippen LogP contribution is -2.31. The number of carbonyl (C=O) groups is 1. The van der Waals surface area contributed by atoms with Gasteiger partial charge in [-0.15, -0.1) is 0 Å². The molecule has 0 aliphatic carbocycles. The molecule has 0 aliphatic heterocycles. The van der Waals surface area contributed by atoms with E-state index in [1.807, 2.05) is 51.1 Å². The summed E-state index contributed by atoms with van der Waals surface area (Å²) in [6.45, 7) is 5.78. The van der Waals surface area contributed by atoms with Crippen LogP contribution in [0.5, 0.6) is 5.75 Å². The molecular weight excluding hydrogens is 280 g/mol. The smallest absolute Gasteiger partial charge is 0.258 e. The fraction of sp³-hybridized carbons (Fsp3) is 0.294. The quantitative estimate of drug-likeness (QED) is 0.887. The fourth-order valence-corrected chi connectivity index (χ4v) is 2.12. The zero-order valence-corrected chi connectivity index (χ0v) is 13.0. The Balaban J connectivity index is 1.88. The average Bonchev–Trinajstić information content (AvgIpc) is 2.45. The number of benzene rings is 1. The second-order valence-corrected chi connectivity index (χ2v) is 5.32. The van der Waals surface area contributed by atoms with E-state index in [0.717, 1.165) is 16.8 Å². The third-order valence-corrected chi connectivity index (χ3v) is 3.35. The Morgan fingerprint density at radius 1 is 1.18 bits per heavy atom. The first-order valence-electron chi connectivity index (χ1n) is 7.11. The predicted octanol–water partition coefficient (Wildman–Crippen LogP) is 2.00. The highest BCUT2D eigenvalue weighted by molar-refractivity contribution is 5.77. The number of ether oxygens (including phenoxy) is 1. The summed E-state index contributed by atoms with van der Waals surface area (Å²) in [4.78, 5) is 26.4. The van der Waals surface area contributed by atoms with E-state index in [4.69, 9.17) is 4.74 Å². The minimum atomic E-state index is -0.264. The van der Waals surface area contributed by atoms with Crippen molar-refractivity contribution in [2.24, 2.45) is 0 Å². The van der Waals surface area contributed by atoms with E-state index in [1.165, 1.54) is 0 Å². The Morgan fingerprint density at radius 3 is 2.50 bits per heavy atom. The minimum absolute atomic E-state index is 0.0775. The molecule has 5 heteroatoms. The Hall–Kier alpha value is -2.56. The van der Waals surface area contributed by atoms with Gasteiger partial charge in [0.1, 0.15) is 5.75 Å². The molecular formula is C17H20N2O3. The SMILES string of the molecule is Cc1ccc(OCC(=O)NCc2c(C)cc(C)[nH]c2=O)cc1. The van der Waals surface area contributed by atoms with Crippen LogP contribution >= 0.6 is 0 Å². The van der Waals surface area contributed by atoms with Crippen molar-refractivity contribution in [2.75, 3.05) is 6.61 Å². The first kappa shape index (κ1) is 15.8. The second kappa shape index (κ2) is 6.93. The topological polar surface area (TPSA) is 71.2 Å². The maximum absolute atomic E-state index is 11.8. The lowest BCUT2D eigenvalue weighted by atomic mass is 10.1. The van der Waals surface area contributed by atoms with Gasteiger partial charge in [0.25, 0.3) is 11.5 Å². The first-order valence-corrected chi connectivity index (χ1v) is 7.11. The van der Waals surface area contributed by atoms with Gasteiger partial charge in [0.15, 0.2) is 6.61 Å². The van der Waals surface area contributed by atoms with Gasteiger partial charge in [-0.1, -0.05) is 17.7 Å². The lowest BCUT2D eigenvalue weighted by molar-refractivity contribution is -0.123. The maximum atomic E-state index is 11.8. The monoisotopic (exact) mass is 300 g/mol. The average molecular weight is 300 g/mol. The summed E-state index contributed by atoms with van der Waals surface area (Å²) in [7, 11) is 0. The highest BCUT2D eigenvalue weighted by Gasteiger charge is 2.08. The van der Waals surface area contributed by atoms with Crippen LogP contribution in [-0.4, -0.2) is 17.5 Å². The summed E-state index contributed by atoms with van der Waals surface area (Å²) in [5.74, 6) is 0.380. The van der Waals surface area contributed by atoms with Gasteiger partial charge < -0.3 is 15.0 Å². The van der Waals surface area contributed by atoms with E-state index in [1.54, 1.807) is 0 Å². The number of nitrogens with one attached hydrogen (secondary N) is 2. The van der Waals surface area contributed by atoms with E-state index >= 15 is 0 Å². The van der Waals surface area contributed by atoms with Crippen LogP contribution in [0.15, 0.2) is 35.1 Å². The van der Waals surface area contributed by atoms with Crippen LogP contribution < -0.4 is 15.6 Å². The summed E-state index contributed by atoms with van der Waals surface area (Å²) in [6.07, 6.45) is 0. The molecule has 0 unspecified atom stereocenters. The number of rotatable bonds is 5. The van der Waals surface area contributed by atoms with Crippen molar-refractivity contribution >= 4 is 5.91 Å². The fourth-order valence-electron chi connectivity index (χ4n) is 2.12. The number of pyridine rings is 1. The molecule has 116 valence electrons. The zero-order valence-electron chi connectivity index (χ0n) is 13.0. The van der Waals surface area contributed by atoms with Crippen LogP contribution in [0.3, 0.4) is 0 Å². The molecule has 0 saturated heterocycles. The largest absolute Gasteiger partial charge is 0.484 e. The van der Waals surface area contributed by atoms with E-state index in [2.05, 4.69) is 10.3 Å². The molecule has 0 fully saturated rings. The van der Waals surface area contributed by atoms with Crippen LogP contribution in [-0.2, 0) is 11.3 Å². The standard InChI is InChI=1S/C17H20N2O3/c1-11-4-6-14(7-5-11)22-10-16(20)18-9-15-12(2)8-13(3)19-17(15)21/h4-8H,9-10H2,1-3H3,(H,18,20)(H,19,21). The maximum Gasteiger partial charge on any atom is 0.258 e. The molecule has 0 radical (unpaired) electrons. The molecule has 1 aromatic carbocycles. The van der Waals surface area contributed by atoms with Crippen molar-refractivity contribution in [1.29, 1.82) is 0 Å². The number of hydrogen-bond donors (Lipinski definition) is 2. The van der Waals surface area contributed by atoms with Gasteiger partial charge in [-0.3, -0.25) is 9.59 Å². The van der Waals surface area contributed by atoms with Crippen molar-refractivity contribution in [3.8, 4) is 5.75 Å². The van der Waals surface area contributed by atoms with E-state index in [9.17, 15) is 9.59 Å². The summed E-state index contributed by atoms with van der Waals surface area (Å²) >= 11 is 0. The molecule has 1 heterocycles. The van der Waals surface area contributed by atoms with Gasteiger partial charge in [-0.2, -0.15) is 0 Å². The number of carbonyl (C=O) groups excluding carboxylic acids is 1. The van der Waals surface area contributed by atoms with Crippen LogP contribution in [0.25, 0.3) is 0 Å². The lowest BCUT2D eigenvalue weighted by Gasteiger charge is -2.09. The van der Waals surface area contributed by atoms with Gasteiger partial charge in [0, 0.05) is 17.8 Å². The minimum Gasteiger partial charge on any atom is -0.484 e. The van der Waals surface area contributed by atoms with E-state index in [-0.39, 0.29) is 24.6 Å². The number of aryl methyl sites for hydroxylation is 3. The molecule has 0 saturated carbocycles. The second-order valence-electron chi connectivity index (χ2n) is 5.32. The summed E-state index contributed by atoms with van der Waals surface area (Å²) in [6, 6.07) is 9.35. The van der Waals surface area contributed by atoms with Gasteiger partial charge in [-0.05, 0) is 44.5 Å². The molecule has 22 heavy (non-hydrogen) atoms. The first-order chi connectivity index (χ1) is 10.5. The van der Waals surface area contributed by atoms with Gasteiger partial charge >= 0.3 is 0 Å². The molecule has 1 amide bonds. The zero-order chi connectivity index (χ0) is 16.1. The predicted molar refractivity (Wildman–Crippen MR) is 85.1 cm³/mol. The van der Waals surface area contributed by atoms with Crippen molar-refractivity contribution in [3.63, 3.8) is 0 Å². The van der Waals surface area contributed by atoms with Crippen molar-refractivity contribution in [3.05, 3.63) is 63.1 Å². The molecule has 5 nitrogen and oxygen atoms in total. The Bertz CT molecular complexity index is 718. The molecule has 2 N–H and O–H groups in total. The molecule has 2 rings (SSSR count). The van der Waals surface area contributed by atoms with Gasteiger partial charge in [0.2, 0.25) is 0 Å². The molecule has 1 aromatic heterocycles. The van der Waals surface area contributed by atoms with E-state index < -0.39 is 0 Å². The number of aromatic nitrogens is 1. The summed E-state index contributed by atoms with van der Waals surface area (Å²) < 4.78 is 5.39. The Kier molecular flexibility index (Phi) is 4.99. The van der Waals surface area contributed by atoms with Gasteiger partial charge in [-0.25, -0.2) is 0 Å². The summed E-state index contributed by atoms with van der Waals surface area (Å²) in [5, 5.41) is 2.70. The number of hydrogen-bond acceptors (Lipinski definition) is 3. The van der Waals surface area contributed by atoms with Crippen LogP contribution in [0.1, 0.15) is 22.4 Å². The highest BCUT2D eigenvalue weighted by Crippen LogP contribution is 2.11. The van der Waals surface area contributed by atoms with E-state index in [0.29, 0.717) is 11.3 Å². The molecule has 2 aromatic rings. The van der Waals surface area contributed by atoms with Crippen LogP contribution in [0.2, 0.25) is 0 Å². The summed E-state index contributed by atoms with van der Waals surface area (Å²) in [5.41, 5.74) is 3.19. The number of amides is 1. The normalized spacial score (nSPS) is 10.3. The highest BCUT2D eigenvalue weighted by atomic mass is 16.5. The van der Waals surface area contributed by atoms with Crippen LogP contribution in [0, 0.1) is 20.8 Å². The molecule has 0 bridgehead atoms. The van der Waals surface area contributed by atoms with Crippen molar-refractivity contribution in [2.45, 2.75) is 27.3 Å². The molecule has 0 aliphatic rings.